The molecule has 0 heterocycles. The lowest BCUT2D eigenvalue weighted by atomic mass is 9.95. The maximum Gasteiger partial charge on any atom is 0.509 e. The van der Waals surface area contributed by atoms with Crippen molar-refractivity contribution in [2.24, 2.45) is 0 Å². The zero-order chi connectivity index (χ0) is 15.8. The second-order valence-corrected chi connectivity index (χ2v) is 4.91. The average molecular weight is 290 g/mol. The molecule has 1 unspecified atom stereocenters. The molecular weight excluding hydrogens is 268 g/mol. The topological polar surface area (TPSA) is 55.8 Å². The molecule has 0 aliphatic rings. The first-order valence-electron chi connectivity index (χ1n) is 6.91. The molecule has 1 aromatic rings. The van der Waals surface area contributed by atoms with E-state index in [1.165, 1.54) is 7.11 Å². The number of ether oxygens (including phenoxy) is 2. The van der Waals surface area contributed by atoms with Gasteiger partial charge in [-0.3, -0.25) is 0 Å². The maximum atomic E-state index is 11.4. The van der Waals surface area contributed by atoms with Gasteiger partial charge in [-0.2, -0.15) is 0 Å². The van der Waals surface area contributed by atoms with Gasteiger partial charge in [-0.25, -0.2) is 4.79 Å². The van der Waals surface area contributed by atoms with Crippen molar-refractivity contribution in [1.82, 2.24) is 0 Å². The lowest BCUT2D eigenvalue weighted by molar-refractivity contribution is 0.0546. The summed E-state index contributed by atoms with van der Waals surface area (Å²) < 4.78 is 9.83. The molecule has 1 N–H and O–H groups in total. The normalized spacial score (nSPS) is 11.3. The molecule has 0 aromatic heterocycles. The fourth-order valence-corrected chi connectivity index (χ4v) is 2.24. The number of benzene rings is 1. The van der Waals surface area contributed by atoms with Crippen LogP contribution in [0, 0.1) is 32.6 Å². The number of methoxy groups -OCH3 is 1. The molecule has 0 bridgehead atoms. The molecule has 21 heavy (non-hydrogen) atoms. The molecule has 0 fully saturated rings. The van der Waals surface area contributed by atoms with Gasteiger partial charge in [0.1, 0.15) is 0 Å². The van der Waals surface area contributed by atoms with Crippen LogP contribution in [0.15, 0.2) is 12.1 Å². The second-order valence-electron chi connectivity index (χ2n) is 4.91. The minimum atomic E-state index is -0.754. The predicted molar refractivity (Wildman–Crippen MR) is 81.0 cm³/mol. The second kappa shape index (κ2) is 8.33. The van der Waals surface area contributed by atoms with Crippen LogP contribution in [0.1, 0.15) is 41.2 Å². The number of aliphatic hydroxyl groups is 1. The summed E-state index contributed by atoms with van der Waals surface area (Å²) in [5, 5.41) is 8.78. The van der Waals surface area contributed by atoms with E-state index in [1.54, 1.807) is 0 Å². The molecule has 0 aliphatic heterocycles. The number of unbranched alkanes of at least 4 members (excludes halogenated alkanes) is 1. The van der Waals surface area contributed by atoms with Crippen molar-refractivity contribution >= 4 is 6.16 Å². The van der Waals surface area contributed by atoms with Crippen LogP contribution in [0.3, 0.4) is 0 Å². The standard InChI is InChI=1S/C17H22O4/c1-12-10-13(2)16(14(3)11-12)15(21-17(19)20-4)8-6-5-7-9-18/h10-11,15,18H,5,7,9H2,1-4H3. The summed E-state index contributed by atoms with van der Waals surface area (Å²) in [6.07, 6.45) is -0.252. The van der Waals surface area contributed by atoms with Crippen LogP contribution in [0.25, 0.3) is 0 Å². The van der Waals surface area contributed by atoms with Gasteiger partial charge in [0.2, 0.25) is 0 Å². The molecule has 114 valence electrons. The highest BCUT2D eigenvalue weighted by molar-refractivity contribution is 5.61. The molecule has 1 rings (SSSR count). The molecule has 0 spiro atoms. The number of aryl methyl sites for hydroxylation is 3. The quantitative estimate of drug-likeness (QED) is 0.525. The minimum Gasteiger partial charge on any atom is -0.438 e. The summed E-state index contributed by atoms with van der Waals surface area (Å²) in [4.78, 5) is 11.4. The Morgan fingerprint density at radius 1 is 1.29 bits per heavy atom. The summed E-state index contributed by atoms with van der Waals surface area (Å²) >= 11 is 0. The van der Waals surface area contributed by atoms with E-state index in [1.807, 2.05) is 32.9 Å². The van der Waals surface area contributed by atoms with E-state index in [9.17, 15) is 4.79 Å². The first-order valence-corrected chi connectivity index (χ1v) is 6.91. The van der Waals surface area contributed by atoms with Gasteiger partial charge in [-0.05, 0) is 38.3 Å². The summed E-state index contributed by atoms with van der Waals surface area (Å²) in [6.45, 7) is 6.06. The number of rotatable bonds is 4. The third kappa shape index (κ3) is 5.13. The Bertz CT molecular complexity index is 529. The molecule has 1 aromatic carbocycles. The monoisotopic (exact) mass is 290 g/mol. The van der Waals surface area contributed by atoms with Crippen molar-refractivity contribution in [2.75, 3.05) is 13.7 Å². The third-order valence-electron chi connectivity index (χ3n) is 3.07. The van der Waals surface area contributed by atoms with Crippen LogP contribution in [-0.2, 0) is 9.47 Å². The third-order valence-corrected chi connectivity index (χ3v) is 3.07. The largest absolute Gasteiger partial charge is 0.509 e. The summed E-state index contributed by atoms with van der Waals surface area (Å²) in [6, 6.07) is 4.07. The SMILES string of the molecule is COC(=O)OC(C#CCCCO)c1c(C)cc(C)cc1C. The van der Waals surface area contributed by atoms with Crippen molar-refractivity contribution in [3.8, 4) is 11.8 Å². The molecular formula is C17H22O4. The maximum absolute atomic E-state index is 11.4. The zero-order valence-corrected chi connectivity index (χ0v) is 13.0. The molecule has 0 radical (unpaired) electrons. The van der Waals surface area contributed by atoms with Gasteiger partial charge in [0.25, 0.3) is 0 Å². The summed E-state index contributed by atoms with van der Waals surface area (Å²) in [5.74, 6) is 5.89. The van der Waals surface area contributed by atoms with E-state index in [-0.39, 0.29) is 6.61 Å². The minimum absolute atomic E-state index is 0.0970. The number of carbonyl (C=O) groups excluding carboxylic acids is 1. The number of hydrogen-bond donors (Lipinski definition) is 1. The number of hydrogen-bond acceptors (Lipinski definition) is 4. The van der Waals surface area contributed by atoms with Crippen molar-refractivity contribution in [3.63, 3.8) is 0 Å². The van der Waals surface area contributed by atoms with E-state index in [0.717, 1.165) is 22.3 Å². The van der Waals surface area contributed by atoms with Gasteiger partial charge >= 0.3 is 6.16 Å². The van der Waals surface area contributed by atoms with Gasteiger partial charge in [0.05, 0.1) is 7.11 Å². The van der Waals surface area contributed by atoms with Crippen LogP contribution in [-0.4, -0.2) is 25.0 Å². The van der Waals surface area contributed by atoms with E-state index < -0.39 is 12.3 Å². The molecule has 1 atom stereocenters. The zero-order valence-electron chi connectivity index (χ0n) is 13.0. The molecule has 4 nitrogen and oxygen atoms in total. The smallest absolute Gasteiger partial charge is 0.438 e. The lowest BCUT2D eigenvalue weighted by Crippen LogP contribution is -2.12. The highest BCUT2D eigenvalue weighted by Gasteiger charge is 2.19. The first kappa shape index (κ1) is 17.1. The molecule has 4 heteroatoms. The van der Waals surface area contributed by atoms with Crippen molar-refractivity contribution in [2.45, 2.75) is 39.7 Å². The highest BCUT2D eigenvalue weighted by Crippen LogP contribution is 2.26. The van der Waals surface area contributed by atoms with Crippen LogP contribution in [0.5, 0.6) is 0 Å². The number of carbonyl (C=O) groups is 1. The molecule has 0 saturated heterocycles. The van der Waals surface area contributed by atoms with Crippen LogP contribution >= 0.6 is 0 Å². The van der Waals surface area contributed by atoms with Gasteiger partial charge in [-0.15, -0.1) is 0 Å². The first-order chi connectivity index (χ1) is 9.99. The van der Waals surface area contributed by atoms with Gasteiger partial charge in [-0.1, -0.05) is 29.5 Å². The Balaban J connectivity index is 3.10. The van der Waals surface area contributed by atoms with Gasteiger partial charge < -0.3 is 14.6 Å². The van der Waals surface area contributed by atoms with Crippen molar-refractivity contribution < 1.29 is 19.4 Å². The van der Waals surface area contributed by atoms with E-state index in [4.69, 9.17) is 9.84 Å². The average Bonchev–Trinajstić information content (AvgIpc) is 2.41. The van der Waals surface area contributed by atoms with Crippen LogP contribution < -0.4 is 0 Å². The lowest BCUT2D eigenvalue weighted by Gasteiger charge is -2.17. The highest BCUT2D eigenvalue weighted by atomic mass is 16.7. The van der Waals surface area contributed by atoms with Crippen LogP contribution in [0.2, 0.25) is 0 Å². The van der Waals surface area contributed by atoms with E-state index >= 15 is 0 Å². The fourth-order valence-electron chi connectivity index (χ4n) is 2.24. The molecule has 0 aliphatic carbocycles. The Morgan fingerprint density at radius 3 is 2.43 bits per heavy atom. The van der Waals surface area contributed by atoms with Gasteiger partial charge in [0.15, 0.2) is 6.10 Å². The van der Waals surface area contributed by atoms with Crippen molar-refractivity contribution in [1.29, 1.82) is 0 Å². The van der Waals surface area contributed by atoms with E-state index in [0.29, 0.717) is 12.8 Å². The van der Waals surface area contributed by atoms with E-state index in [2.05, 4.69) is 16.6 Å². The summed E-state index contributed by atoms with van der Waals surface area (Å²) in [5.41, 5.74) is 4.09. The number of aliphatic hydroxyl groups excluding tert-OH is 1. The Labute approximate surface area is 126 Å². The van der Waals surface area contributed by atoms with Crippen LogP contribution in [0.4, 0.5) is 4.79 Å². The van der Waals surface area contributed by atoms with Crippen molar-refractivity contribution in [3.05, 3.63) is 34.4 Å². The molecule has 0 amide bonds. The predicted octanol–water partition coefficient (Wildman–Crippen LogP) is 3.21. The fraction of sp³-hybridized carbons (Fsp3) is 0.471. The Kier molecular flexibility index (Phi) is 6.77. The molecule has 0 saturated carbocycles. The summed E-state index contributed by atoms with van der Waals surface area (Å²) in [7, 11) is 1.27. The van der Waals surface area contributed by atoms with Gasteiger partial charge in [0, 0.05) is 18.6 Å². The Morgan fingerprint density at radius 2 is 1.90 bits per heavy atom. The Hall–Kier alpha value is -1.99.